The van der Waals surface area contributed by atoms with Crippen LogP contribution in [-0.2, 0) is 0 Å². The van der Waals surface area contributed by atoms with Gasteiger partial charge in [-0.15, -0.1) is 0 Å². The molecule has 0 atom stereocenters. The highest BCUT2D eigenvalue weighted by atomic mass is 35.5. The summed E-state index contributed by atoms with van der Waals surface area (Å²) in [5.74, 6) is 1.11. The molecule has 0 aliphatic rings. The van der Waals surface area contributed by atoms with E-state index in [-0.39, 0.29) is 11.2 Å². The van der Waals surface area contributed by atoms with Crippen molar-refractivity contribution in [3.8, 4) is 11.5 Å². The van der Waals surface area contributed by atoms with Gasteiger partial charge in [-0.05, 0) is 50.7 Å². The third kappa shape index (κ3) is 5.22. The van der Waals surface area contributed by atoms with Crippen molar-refractivity contribution < 1.29 is 9.47 Å². The Morgan fingerprint density at radius 2 is 2.25 bits per heavy atom. The summed E-state index contributed by atoms with van der Waals surface area (Å²) in [6.45, 7) is 6.25. The van der Waals surface area contributed by atoms with E-state index in [1.807, 2.05) is 20.8 Å². The maximum Gasteiger partial charge on any atom is 0.184 e. The first kappa shape index (κ1) is 16.5. The van der Waals surface area contributed by atoms with Crippen LogP contribution in [0.15, 0.2) is 17.2 Å². The smallest absolute Gasteiger partial charge is 0.184 e. The number of nitrogens with zero attached hydrogens (tertiary/aromatic N) is 1. The van der Waals surface area contributed by atoms with Crippen LogP contribution in [0.2, 0.25) is 5.02 Å². The minimum atomic E-state index is 0.00232. The van der Waals surface area contributed by atoms with Crippen LogP contribution in [0.5, 0.6) is 11.5 Å². The second-order valence-electron chi connectivity index (χ2n) is 4.16. The Morgan fingerprint density at radius 1 is 1.55 bits per heavy atom. The number of ether oxygens (including phenoxy) is 2. The molecule has 0 aromatic heterocycles. The lowest BCUT2D eigenvalue weighted by Gasteiger charge is -2.16. The Kier molecular flexibility index (Phi) is 6.54. The molecule has 1 aromatic rings. The zero-order valence-electron chi connectivity index (χ0n) is 11.6. The highest BCUT2D eigenvalue weighted by Gasteiger charge is 2.13. The molecule has 20 heavy (non-hydrogen) atoms. The van der Waals surface area contributed by atoms with E-state index in [4.69, 9.17) is 26.8 Å². The quantitative estimate of drug-likeness (QED) is 0.480. The third-order valence-corrected chi connectivity index (χ3v) is 2.45. The molecule has 1 aromatic carbocycles. The largest absolute Gasteiger partial charge is 0.490 e. The number of rotatable bonds is 6. The molecular formula is C13H18ClN3O2S. The molecule has 0 amide bonds. The molecule has 0 fully saturated rings. The van der Waals surface area contributed by atoms with Gasteiger partial charge in [0.1, 0.15) is 0 Å². The van der Waals surface area contributed by atoms with Crippen molar-refractivity contribution in [1.29, 1.82) is 0 Å². The van der Waals surface area contributed by atoms with Crippen LogP contribution >= 0.6 is 23.8 Å². The summed E-state index contributed by atoms with van der Waals surface area (Å²) in [5, 5.41) is 4.43. The van der Waals surface area contributed by atoms with Gasteiger partial charge in [-0.1, -0.05) is 11.6 Å². The molecule has 7 heteroatoms. The van der Waals surface area contributed by atoms with Gasteiger partial charge in [0, 0.05) is 0 Å². The molecule has 0 unspecified atom stereocenters. The molecular weight excluding hydrogens is 298 g/mol. The van der Waals surface area contributed by atoms with Crippen molar-refractivity contribution >= 4 is 35.1 Å². The van der Waals surface area contributed by atoms with Gasteiger partial charge in [-0.3, -0.25) is 5.43 Å². The fourth-order valence-electron chi connectivity index (χ4n) is 1.45. The Bertz CT molecular complexity index is 507. The standard InChI is InChI=1S/C13H18ClN3O2S/c1-4-18-11-6-9(7-16-17-13(15)20)5-10(14)12(11)19-8(2)3/h5-8H,4H2,1-3H3,(H3,15,17,20)/b16-7+. The Balaban J connectivity index is 3.05. The van der Waals surface area contributed by atoms with E-state index in [0.29, 0.717) is 23.1 Å². The number of hydrogen-bond donors (Lipinski definition) is 2. The Hall–Kier alpha value is -1.53. The molecule has 0 aliphatic carbocycles. The van der Waals surface area contributed by atoms with Crippen molar-refractivity contribution in [2.75, 3.05) is 6.61 Å². The summed E-state index contributed by atoms with van der Waals surface area (Å²) < 4.78 is 11.2. The van der Waals surface area contributed by atoms with Crippen LogP contribution in [0.3, 0.4) is 0 Å². The van der Waals surface area contributed by atoms with Gasteiger partial charge in [0.25, 0.3) is 0 Å². The van der Waals surface area contributed by atoms with E-state index in [1.54, 1.807) is 18.3 Å². The number of nitrogens with two attached hydrogens (primary N) is 1. The molecule has 3 N–H and O–H groups in total. The SMILES string of the molecule is CCOc1cc(/C=N/NC(N)=S)cc(Cl)c1OC(C)C. The van der Waals surface area contributed by atoms with Crippen LogP contribution in [-0.4, -0.2) is 24.0 Å². The lowest BCUT2D eigenvalue weighted by atomic mass is 10.2. The van der Waals surface area contributed by atoms with E-state index >= 15 is 0 Å². The minimum Gasteiger partial charge on any atom is -0.490 e. The summed E-state index contributed by atoms with van der Waals surface area (Å²) in [5.41, 5.74) is 8.50. The molecule has 0 radical (unpaired) electrons. The van der Waals surface area contributed by atoms with E-state index in [0.717, 1.165) is 5.56 Å². The van der Waals surface area contributed by atoms with Crippen LogP contribution in [0, 0.1) is 0 Å². The van der Waals surface area contributed by atoms with Crippen molar-refractivity contribution in [1.82, 2.24) is 5.43 Å². The number of hydrogen-bond acceptors (Lipinski definition) is 4. The van der Waals surface area contributed by atoms with Crippen LogP contribution in [0.4, 0.5) is 0 Å². The maximum absolute atomic E-state index is 6.22. The number of nitrogens with one attached hydrogen (secondary N) is 1. The summed E-state index contributed by atoms with van der Waals surface area (Å²) in [7, 11) is 0. The monoisotopic (exact) mass is 315 g/mol. The molecule has 0 aliphatic heterocycles. The fourth-order valence-corrected chi connectivity index (χ4v) is 1.76. The van der Waals surface area contributed by atoms with Gasteiger partial charge in [-0.25, -0.2) is 0 Å². The van der Waals surface area contributed by atoms with E-state index in [2.05, 4.69) is 22.7 Å². The second kappa shape index (κ2) is 7.91. The van der Waals surface area contributed by atoms with Gasteiger partial charge in [0.2, 0.25) is 0 Å². The third-order valence-electron chi connectivity index (χ3n) is 2.07. The van der Waals surface area contributed by atoms with Crippen LogP contribution in [0.25, 0.3) is 0 Å². The van der Waals surface area contributed by atoms with Gasteiger partial charge < -0.3 is 15.2 Å². The number of benzene rings is 1. The number of hydrazone groups is 1. The second-order valence-corrected chi connectivity index (χ2v) is 5.01. The molecule has 0 heterocycles. The molecule has 0 saturated carbocycles. The van der Waals surface area contributed by atoms with Gasteiger partial charge >= 0.3 is 0 Å². The average Bonchev–Trinajstić information content (AvgIpc) is 2.33. The summed E-state index contributed by atoms with van der Waals surface area (Å²) in [6, 6.07) is 3.52. The average molecular weight is 316 g/mol. The lowest BCUT2D eigenvalue weighted by Crippen LogP contribution is -2.24. The van der Waals surface area contributed by atoms with Crippen molar-refractivity contribution in [3.63, 3.8) is 0 Å². The minimum absolute atomic E-state index is 0.00232. The highest BCUT2D eigenvalue weighted by Crippen LogP contribution is 2.37. The van der Waals surface area contributed by atoms with Crippen molar-refractivity contribution in [3.05, 3.63) is 22.7 Å². The van der Waals surface area contributed by atoms with Crippen molar-refractivity contribution in [2.24, 2.45) is 10.8 Å². The first-order valence-electron chi connectivity index (χ1n) is 6.15. The number of thiocarbonyl (C=S) groups is 1. The fraction of sp³-hybridized carbons (Fsp3) is 0.385. The van der Waals surface area contributed by atoms with E-state index < -0.39 is 0 Å². The summed E-state index contributed by atoms with van der Waals surface area (Å²) in [6.07, 6.45) is 1.55. The van der Waals surface area contributed by atoms with E-state index in [1.165, 1.54) is 0 Å². The first-order chi connectivity index (χ1) is 9.43. The molecule has 5 nitrogen and oxygen atoms in total. The molecule has 110 valence electrons. The molecule has 0 saturated heterocycles. The van der Waals surface area contributed by atoms with Crippen LogP contribution in [0.1, 0.15) is 26.3 Å². The molecule has 0 bridgehead atoms. The normalized spacial score (nSPS) is 10.8. The predicted molar refractivity (Wildman–Crippen MR) is 85.9 cm³/mol. The first-order valence-corrected chi connectivity index (χ1v) is 6.94. The van der Waals surface area contributed by atoms with Crippen molar-refractivity contribution in [2.45, 2.75) is 26.9 Å². The topological polar surface area (TPSA) is 68.9 Å². The summed E-state index contributed by atoms with van der Waals surface area (Å²) in [4.78, 5) is 0. The Morgan fingerprint density at radius 3 is 2.80 bits per heavy atom. The lowest BCUT2D eigenvalue weighted by molar-refractivity contribution is 0.224. The van der Waals surface area contributed by atoms with E-state index in [9.17, 15) is 0 Å². The van der Waals surface area contributed by atoms with Gasteiger partial charge in [0.05, 0.1) is 23.9 Å². The number of halogens is 1. The summed E-state index contributed by atoms with van der Waals surface area (Å²) >= 11 is 10.9. The highest BCUT2D eigenvalue weighted by molar-refractivity contribution is 7.80. The van der Waals surface area contributed by atoms with Gasteiger partial charge in [0.15, 0.2) is 16.6 Å². The molecule has 1 rings (SSSR count). The maximum atomic E-state index is 6.22. The van der Waals surface area contributed by atoms with Gasteiger partial charge in [-0.2, -0.15) is 5.10 Å². The van der Waals surface area contributed by atoms with Crippen LogP contribution < -0.4 is 20.6 Å². The molecule has 0 spiro atoms. The predicted octanol–water partition coefficient (Wildman–Crippen LogP) is 2.69. The zero-order chi connectivity index (χ0) is 15.1. The zero-order valence-corrected chi connectivity index (χ0v) is 13.2. The Labute approximate surface area is 129 Å².